The van der Waals surface area contributed by atoms with E-state index in [-0.39, 0.29) is 5.41 Å². The Hall–Kier alpha value is -1.76. The van der Waals surface area contributed by atoms with E-state index in [0.717, 1.165) is 26.2 Å². The fraction of sp³-hybridized carbons (Fsp3) is 0.625. The topological polar surface area (TPSA) is 109 Å². The van der Waals surface area contributed by atoms with Gasteiger partial charge in [0.15, 0.2) is 0 Å². The number of hydrogen-bond donors (Lipinski definition) is 2. The highest BCUT2D eigenvalue weighted by Crippen LogP contribution is 2.41. The molecule has 8 nitrogen and oxygen atoms in total. The number of alkyl halides is 3. The minimum absolute atomic E-state index is 0.0920. The van der Waals surface area contributed by atoms with Gasteiger partial charge in [0, 0.05) is 49.9 Å². The van der Waals surface area contributed by atoms with E-state index in [1.54, 1.807) is 6.20 Å². The van der Waals surface area contributed by atoms with Gasteiger partial charge in [-0.25, -0.2) is 17.9 Å². The van der Waals surface area contributed by atoms with Crippen molar-refractivity contribution in [1.29, 1.82) is 0 Å². The number of nitrogens with one attached hydrogen (secondary N) is 1. The normalized spacial score (nSPS) is 25.1. The molecule has 0 spiro atoms. The highest BCUT2D eigenvalue weighted by atomic mass is 32.2. The Morgan fingerprint density at radius 2 is 2.18 bits per heavy atom. The van der Waals surface area contributed by atoms with Crippen LogP contribution < -0.4 is 4.72 Å². The van der Waals surface area contributed by atoms with Crippen LogP contribution in [0.1, 0.15) is 5.56 Å². The van der Waals surface area contributed by atoms with Crippen molar-refractivity contribution < 1.29 is 36.2 Å². The van der Waals surface area contributed by atoms with E-state index in [4.69, 9.17) is 14.6 Å². The molecule has 2 atom stereocenters. The molecule has 0 aliphatic carbocycles. The van der Waals surface area contributed by atoms with Crippen LogP contribution in [0.4, 0.5) is 13.2 Å². The molecule has 2 N–H and O–H groups in total. The lowest BCUT2D eigenvalue weighted by molar-refractivity contribution is -0.192. The second kappa shape index (κ2) is 8.72. The maximum Gasteiger partial charge on any atom is 0.490 e. The molecule has 3 heterocycles. The first-order valence-corrected chi connectivity index (χ1v) is 10.2. The second-order valence-corrected chi connectivity index (χ2v) is 8.83. The van der Waals surface area contributed by atoms with Gasteiger partial charge in [-0.3, -0.25) is 9.88 Å². The van der Waals surface area contributed by atoms with Gasteiger partial charge in [0.05, 0.1) is 19.5 Å². The van der Waals surface area contributed by atoms with Gasteiger partial charge < -0.3 is 9.84 Å². The van der Waals surface area contributed by atoms with Crippen LogP contribution >= 0.6 is 0 Å². The number of ether oxygens (including phenoxy) is 1. The monoisotopic (exact) mass is 425 g/mol. The predicted molar refractivity (Wildman–Crippen MR) is 92.8 cm³/mol. The molecular weight excluding hydrogens is 403 g/mol. The van der Waals surface area contributed by atoms with Gasteiger partial charge in [-0.15, -0.1) is 0 Å². The van der Waals surface area contributed by atoms with Crippen LogP contribution in [-0.2, 0) is 26.1 Å². The zero-order valence-corrected chi connectivity index (χ0v) is 16.0. The third-order valence-corrected chi connectivity index (χ3v) is 5.32. The van der Waals surface area contributed by atoms with Crippen molar-refractivity contribution in [3.8, 4) is 0 Å². The number of nitrogens with zero attached hydrogens (tertiary/aromatic N) is 2. The second-order valence-electron chi connectivity index (χ2n) is 7.00. The number of likely N-dealkylation sites (tertiary alicyclic amines) is 1. The minimum Gasteiger partial charge on any atom is -0.475 e. The summed E-state index contributed by atoms with van der Waals surface area (Å²) < 4.78 is 62.7. The van der Waals surface area contributed by atoms with Crippen molar-refractivity contribution in [1.82, 2.24) is 14.6 Å². The van der Waals surface area contributed by atoms with E-state index in [2.05, 4.69) is 20.7 Å². The number of pyridine rings is 1. The van der Waals surface area contributed by atoms with Crippen molar-refractivity contribution in [2.24, 2.45) is 11.3 Å². The lowest BCUT2D eigenvalue weighted by Gasteiger charge is -2.27. The number of carboxylic acid groups (broad SMARTS) is 1. The van der Waals surface area contributed by atoms with Crippen molar-refractivity contribution in [3.05, 3.63) is 30.1 Å². The van der Waals surface area contributed by atoms with Crippen LogP contribution in [0.5, 0.6) is 0 Å². The zero-order chi connectivity index (χ0) is 21.0. The fourth-order valence-corrected chi connectivity index (χ4v) is 3.89. The lowest BCUT2D eigenvalue weighted by Crippen LogP contribution is -2.42. The summed E-state index contributed by atoms with van der Waals surface area (Å²) in [6.45, 7) is 4.46. The summed E-state index contributed by atoms with van der Waals surface area (Å²) in [6.07, 6.45) is -0.226. The van der Waals surface area contributed by atoms with Gasteiger partial charge in [0.1, 0.15) is 0 Å². The van der Waals surface area contributed by atoms with E-state index < -0.39 is 22.2 Å². The standard InChI is InChI=1S/C14H21N3O3S.C2HF3O2/c1-21(18,19)16-9-14-10-17(7-13(14)8-20-11-14)6-12-3-2-4-15-5-12;3-2(4,5)1(6)7/h2-5,13,16H,6-11H2,1H3;(H,6,7)/t13-,14+;/m1./s1. The minimum atomic E-state index is -5.08. The number of carboxylic acids is 1. The molecule has 0 amide bonds. The Morgan fingerprint density at radius 1 is 1.50 bits per heavy atom. The molecule has 0 unspecified atom stereocenters. The Morgan fingerprint density at radius 3 is 2.71 bits per heavy atom. The summed E-state index contributed by atoms with van der Waals surface area (Å²) in [6, 6.07) is 4.01. The summed E-state index contributed by atoms with van der Waals surface area (Å²) in [7, 11) is -3.17. The molecule has 2 aliphatic heterocycles. The molecule has 1 aromatic heterocycles. The number of hydrogen-bond acceptors (Lipinski definition) is 6. The number of carbonyl (C=O) groups is 1. The summed E-state index contributed by atoms with van der Waals surface area (Å²) in [5.74, 6) is -2.36. The molecule has 0 bridgehead atoms. The number of halogens is 3. The lowest BCUT2D eigenvalue weighted by atomic mass is 9.81. The molecule has 12 heteroatoms. The highest BCUT2D eigenvalue weighted by molar-refractivity contribution is 7.88. The van der Waals surface area contributed by atoms with Gasteiger partial charge in [-0.2, -0.15) is 13.2 Å². The molecule has 2 fully saturated rings. The van der Waals surface area contributed by atoms with Crippen LogP contribution in [0.25, 0.3) is 0 Å². The Kier molecular flexibility index (Phi) is 7.02. The number of rotatable bonds is 5. The van der Waals surface area contributed by atoms with E-state index in [1.165, 1.54) is 11.8 Å². The number of aromatic nitrogens is 1. The average molecular weight is 425 g/mol. The van der Waals surface area contributed by atoms with Gasteiger partial charge in [0.2, 0.25) is 10.0 Å². The number of aliphatic carboxylic acids is 1. The largest absolute Gasteiger partial charge is 0.490 e. The molecular formula is C16H22F3N3O5S. The molecule has 2 aliphatic rings. The zero-order valence-electron chi connectivity index (χ0n) is 15.1. The molecule has 0 aromatic carbocycles. The van der Waals surface area contributed by atoms with E-state index in [9.17, 15) is 21.6 Å². The summed E-state index contributed by atoms with van der Waals surface area (Å²) in [5, 5.41) is 7.12. The van der Waals surface area contributed by atoms with Crippen molar-refractivity contribution in [2.75, 3.05) is 39.1 Å². The molecule has 3 rings (SSSR count). The van der Waals surface area contributed by atoms with Crippen LogP contribution in [-0.4, -0.2) is 74.7 Å². The van der Waals surface area contributed by atoms with E-state index >= 15 is 0 Å². The summed E-state index contributed by atoms with van der Waals surface area (Å²) >= 11 is 0. The maximum absolute atomic E-state index is 11.4. The fourth-order valence-electron chi connectivity index (χ4n) is 3.34. The molecule has 0 saturated carbocycles. The first-order chi connectivity index (χ1) is 12.9. The molecule has 0 radical (unpaired) electrons. The van der Waals surface area contributed by atoms with Gasteiger partial charge in [-0.1, -0.05) is 6.07 Å². The van der Waals surface area contributed by atoms with Crippen LogP contribution in [0.3, 0.4) is 0 Å². The van der Waals surface area contributed by atoms with Crippen LogP contribution in [0.15, 0.2) is 24.5 Å². The first-order valence-electron chi connectivity index (χ1n) is 8.35. The smallest absolute Gasteiger partial charge is 0.475 e. The van der Waals surface area contributed by atoms with Crippen LogP contribution in [0, 0.1) is 11.3 Å². The third kappa shape index (κ3) is 6.40. The highest BCUT2D eigenvalue weighted by Gasteiger charge is 2.50. The molecule has 2 saturated heterocycles. The average Bonchev–Trinajstić information content (AvgIpc) is 3.10. The Balaban J connectivity index is 0.000000345. The third-order valence-electron chi connectivity index (χ3n) is 4.65. The van der Waals surface area contributed by atoms with Crippen molar-refractivity contribution in [2.45, 2.75) is 12.7 Å². The number of fused-ring (bicyclic) bond motifs is 1. The summed E-state index contributed by atoms with van der Waals surface area (Å²) in [5.41, 5.74) is 1.09. The predicted octanol–water partition coefficient (Wildman–Crippen LogP) is 0.713. The van der Waals surface area contributed by atoms with E-state index in [1.807, 2.05) is 12.3 Å². The quantitative estimate of drug-likeness (QED) is 0.715. The molecule has 1 aromatic rings. The molecule has 158 valence electrons. The number of sulfonamides is 1. The van der Waals surface area contributed by atoms with Crippen molar-refractivity contribution >= 4 is 16.0 Å². The van der Waals surface area contributed by atoms with Gasteiger partial charge in [0.25, 0.3) is 0 Å². The summed E-state index contributed by atoms with van der Waals surface area (Å²) in [4.78, 5) is 15.4. The van der Waals surface area contributed by atoms with Gasteiger partial charge >= 0.3 is 12.1 Å². The van der Waals surface area contributed by atoms with E-state index in [0.29, 0.717) is 19.1 Å². The van der Waals surface area contributed by atoms with Gasteiger partial charge in [-0.05, 0) is 11.6 Å². The maximum atomic E-state index is 11.4. The SMILES string of the molecule is CS(=O)(=O)NC[C@]12COC[C@H]1CN(Cc1cccnc1)C2.O=C(O)C(F)(F)F. The Labute approximate surface area is 160 Å². The van der Waals surface area contributed by atoms with Crippen molar-refractivity contribution in [3.63, 3.8) is 0 Å². The Bertz CT molecular complexity index is 775. The molecule has 28 heavy (non-hydrogen) atoms. The first kappa shape index (κ1) is 22.5. The van der Waals surface area contributed by atoms with Crippen LogP contribution in [0.2, 0.25) is 0 Å².